The van der Waals surface area contributed by atoms with E-state index in [0.29, 0.717) is 0 Å². The van der Waals surface area contributed by atoms with E-state index in [1.54, 1.807) is 0 Å². The van der Waals surface area contributed by atoms with Crippen LogP contribution in [0.2, 0.25) is 0 Å². The Kier molecular flexibility index (Phi) is 1.29. The van der Waals surface area contributed by atoms with Gasteiger partial charge in [-0.15, -0.1) is 0 Å². The zero-order valence-corrected chi connectivity index (χ0v) is 5.77. The molecule has 0 spiro atoms. The van der Waals surface area contributed by atoms with Crippen LogP contribution in [0.5, 0.6) is 0 Å². The zero-order chi connectivity index (χ0) is 8.55. The molecule has 1 aromatic rings. The molecular formula is C5H3N4O3. The Morgan fingerprint density at radius 2 is 2.42 bits per heavy atom. The average Bonchev–Trinajstić information content (AvgIpc) is 2.58. The molecule has 1 radical (unpaired) electrons. The Balaban J connectivity index is 2.26. The Labute approximate surface area is 66.3 Å². The number of imide groups is 1. The number of amides is 3. The molecule has 61 valence electrons. The van der Waals surface area contributed by atoms with Crippen LogP contribution in [0, 0.1) is 6.33 Å². The first-order chi connectivity index (χ1) is 5.77. The average molecular weight is 167 g/mol. The van der Waals surface area contributed by atoms with E-state index in [-0.39, 0.29) is 12.6 Å². The van der Waals surface area contributed by atoms with E-state index in [9.17, 15) is 9.59 Å². The molecule has 3 amide bonds. The molecule has 2 rings (SSSR count). The highest BCUT2D eigenvalue weighted by atomic mass is 16.5. The second-order valence-corrected chi connectivity index (χ2v) is 2.12. The first-order valence-electron chi connectivity index (χ1n) is 3.08. The first kappa shape index (κ1) is 6.77. The molecule has 7 heteroatoms. The third-order valence-electron chi connectivity index (χ3n) is 1.34. The van der Waals surface area contributed by atoms with Crippen molar-refractivity contribution < 1.29 is 14.1 Å². The van der Waals surface area contributed by atoms with Gasteiger partial charge in [0.1, 0.15) is 6.54 Å². The number of carbonyl (C=O) groups is 2. The van der Waals surface area contributed by atoms with E-state index in [2.05, 4.69) is 26.3 Å². The van der Waals surface area contributed by atoms with Crippen LogP contribution < -0.4 is 10.2 Å². The summed E-state index contributed by atoms with van der Waals surface area (Å²) in [5.41, 5.74) is 0. The number of rotatable bonds is 1. The molecule has 0 bridgehead atoms. The second-order valence-electron chi connectivity index (χ2n) is 2.12. The molecule has 1 aliphatic rings. The van der Waals surface area contributed by atoms with Gasteiger partial charge >= 0.3 is 12.0 Å². The standard InChI is InChI=1S/C5H3N4O3/c10-3-1-9(4(11)8-3)5-6-2-7-12-5/h1H2,(H,8,10,11). The van der Waals surface area contributed by atoms with Gasteiger partial charge in [0.05, 0.1) is 0 Å². The van der Waals surface area contributed by atoms with Crippen molar-refractivity contribution in [1.82, 2.24) is 15.5 Å². The van der Waals surface area contributed by atoms with Gasteiger partial charge in [-0.2, -0.15) is 4.98 Å². The van der Waals surface area contributed by atoms with E-state index in [1.165, 1.54) is 0 Å². The van der Waals surface area contributed by atoms with Crippen LogP contribution in [0.25, 0.3) is 0 Å². The fourth-order valence-electron chi connectivity index (χ4n) is 0.851. The number of urea groups is 1. The van der Waals surface area contributed by atoms with Gasteiger partial charge in [-0.1, -0.05) is 5.16 Å². The second kappa shape index (κ2) is 2.29. The lowest BCUT2D eigenvalue weighted by Gasteiger charge is -2.03. The Hall–Kier alpha value is -1.92. The molecule has 0 saturated carbocycles. The third kappa shape index (κ3) is 0.911. The molecular weight excluding hydrogens is 164 g/mol. The lowest BCUT2D eigenvalue weighted by Crippen LogP contribution is -2.28. The van der Waals surface area contributed by atoms with Crippen LogP contribution in [0.1, 0.15) is 0 Å². The lowest BCUT2D eigenvalue weighted by molar-refractivity contribution is -0.117. The van der Waals surface area contributed by atoms with Gasteiger partial charge in [0.2, 0.25) is 12.2 Å². The van der Waals surface area contributed by atoms with Crippen molar-refractivity contribution in [2.75, 3.05) is 11.4 Å². The smallest absolute Gasteiger partial charge is 0.314 e. The zero-order valence-electron chi connectivity index (χ0n) is 5.77. The van der Waals surface area contributed by atoms with Gasteiger partial charge in [-0.25, -0.2) is 9.69 Å². The summed E-state index contributed by atoms with van der Waals surface area (Å²) < 4.78 is 4.53. The van der Waals surface area contributed by atoms with Crippen molar-refractivity contribution in [2.45, 2.75) is 0 Å². The molecule has 0 atom stereocenters. The molecule has 0 aliphatic carbocycles. The van der Waals surface area contributed by atoms with Crippen molar-refractivity contribution in [3.63, 3.8) is 0 Å². The maximum Gasteiger partial charge on any atom is 0.333 e. The van der Waals surface area contributed by atoms with Crippen molar-refractivity contribution >= 4 is 18.0 Å². The molecule has 2 heterocycles. The van der Waals surface area contributed by atoms with E-state index in [0.717, 1.165) is 4.90 Å². The van der Waals surface area contributed by atoms with Crippen molar-refractivity contribution in [3.05, 3.63) is 6.33 Å². The molecule has 1 fully saturated rings. The third-order valence-corrected chi connectivity index (χ3v) is 1.34. The Bertz CT molecular complexity index is 319. The van der Waals surface area contributed by atoms with E-state index < -0.39 is 11.9 Å². The predicted molar refractivity (Wildman–Crippen MR) is 34.0 cm³/mol. The summed E-state index contributed by atoms with van der Waals surface area (Å²) in [6.45, 7) is -0.0884. The van der Waals surface area contributed by atoms with Crippen molar-refractivity contribution in [3.8, 4) is 0 Å². The quantitative estimate of drug-likeness (QED) is 0.538. The number of carbonyl (C=O) groups excluding carboxylic acids is 2. The van der Waals surface area contributed by atoms with Gasteiger partial charge < -0.3 is 4.52 Å². The number of hydrogen-bond donors (Lipinski definition) is 1. The number of nitrogens with one attached hydrogen (secondary N) is 1. The minimum absolute atomic E-state index is 0.0293. The topological polar surface area (TPSA) is 88.3 Å². The minimum Gasteiger partial charge on any atom is -0.314 e. The largest absolute Gasteiger partial charge is 0.333 e. The Morgan fingerprint density at radius 3 is 2.92 bits per heavy atom. The summed E-state index contributed by atoms with van der Waals surface area (Å²) in [7, 11) is 0. The summed E-state index contributed by atoms with van der Waals surface area (Å²) >= 11 is 0. The summed E-state index contributed by atoms with van der Waals surface area (Å²) in [4.78, 5) is 26.1. The SMILES string of the molecule is O=C1CN(c2n[c]no2)C(=O)N1. The van der Waals surface area contributed by atoms with Crippen LogP contribution in [0.4, 0.5) is 10.8 Å². The maximum atomic E-state index is 10.9. The highest BCUT2D eigenvalue weighted by Crippen LogP contribution is 2.10. The summed E-state index contributed by atoms with van der Waals surface area (Å²) in [6, 6.07) is -0.587. The maximum absolute atomic E-state index is 10.9. The van der Waals surface area contributed by atoms with Crippen molar-refractivity contribution in [2.24, 2.45) is 0 Å². The normalized spacial score (nSPS) is 16.8. The summed E-state index contributed by atoms with van der Waals surface area (Å²) in [5, 5.41) is 5.24. The lowest BCUT2D eigenvalue weighted by atomic mass is 10.6. The highest BCUT2D eigenvalue weighted by molar-refractivity contribution is 6.11. The fourth-order valence-corrected chi connectivity index (χ4v) is 0.851. The molecule has 1 aromatic heterocycles. The molecule has 1 N–H and O–H groups in total. The fraction of sp³-hybridized carbons (Fsp3) is 0.200. The molecule has 7 nitrogen and oxygen atoms in total. The number of anilines is 1. The molecule has 0 aromatic carbocycles. The van der Waals surface area contributed by atoms with Gasteiger partial charge in [-0.05, 0) is 0 Å². The number of nitrogens with zero attached hydrogens (tertiary/aromatic N) is 3. The van der Waals surface area contributed by atoms with Crippen molar-refractivity contribution in [1.29, 1.82) is 0 Å². The van der Waals surface area contributed by atoms with E-state index >= 15 is 0 Å². The van der Waals surface area contributed by atoms with Gasteiger partial charge in [0.15, 0.2) is 0 Å². The van der Waals surface area contributed by atoms with Gasteiger partial charge in [-0.3, -0.25) is 10.1 Å². The monoisotopic (exact) mass is 167 g/mol. The number of hydrogen-bond acceptors (Lipinski definition) is 5. The van der Waals surface area contributed by atoms with Crippen LogP contribution in [0.3, 0.4) is 0 Å². The van der Waals surface area contributed by atoms with Crippen LogP contribution in [-0.2, 0) is 4.79 Å². The minimum atomic E-state index is -0.558. The summed E-state index contributed by atoms with van der Waals surface area (Å²) in [6.07, 6.45) is 2.14. The van der Waals surface area contributed by atoms with Gasteiger partial charge in [0, 0.05) is 0 Å². The highest BCUT2D eigenvalue weighted by Gasteiger charge is 2.31. The first-order valence-corrected chi connectivity index (χ1v) is 3.08. The van der Waals surface area contributed by atoms with Crippen LogP contribution in [-0.4, -0.2) is 28.6 Å². The van der Waals surface area contributed by atoms with Crippen LogP contribution >= 0.6 is 0 Å². The number of aromatic nitrogens is 2. The van der Waals surface area contributed by atoms with Gasteiger partial charge in [0.25, 0.3) is 0 Å². The molecule has 1 saturated heterocycles. The molecule has 0 unspecified atom stereocenters. The van der Waals surface area contributed by atoms with E-state index in [4.69, 9.17) is 0 Å². The van der Waals surface area contributed by atoms with Crippen LogP contribution in [0.15, 0.2) is 4.52 Å². The molecule has 1 aliphatic heterocycles. The Morgan fingerprint density at radius 1 is 1.58 bits per heavy atom. The molecule has 12 heavy (non-hydrogen) atoms. The summed E-state index contributed by atoms with van der Waals surface area (Å²) in [5.74, 6) is -0.391. The van der Waals surface area contributed by atoms with E-state index in [1.807, 2.05) is 0 Å². The predicted octanol–water partition coefficient (Wildman–Crippen LogP) is -1.07.